The number of carbonyl (C=O) groups excluding carboxylic acids is 4. The lowest BCUT2D eigenvalue weighted by Gasteiger charge is -2.36. The van der Waals surface area contributed by atoms with Crippen molar-refractivity contribution in [3.63, 3.8) is 0 Å². The van der Waals surface area contributed by atoms with Crippen LogP contribution >= 0.6 is 11.3 Å². The standard InChI is InChI=1S/C13H18N8O7S2/c1-20(2)12(24)18-30(26,27)19-13(25)21-4-6(10(21)23)15-9(22)8(17-28-3)7-5-29-11(14)16-7/h5-6H,4H2,1-3H3,(H2,14,16)(H,15,22)(H,18,24)(H,19,25)/t6-/m0/s1. The molecule has 17 heteroatoms. The summed E-state index contributed by atoms with van der Waals surface area (Å²) in [5.41, 5.74) is 5.40. The molecular weight excluding hydrogens is 444 g/mol. The first-order valence-electron chi connectivity index (χ1n) is 7.95. The number of imide groups is 1. The number of nitrogens with two attached hydrogens (primary N) is 1. The Balaban J connectivity index is 1.96. The number of β-lactam (4-membered cyclic amide) rings is 1. The van der Waals surface area contributed by atoms with Crippen LogP contribution in [-0.2, 0) is 24.6 Å². The first kappa shape index (κ1) is 22.8. The molecule has 15 nitrogen and oxygen atoms in total. The van der Waals surface area contributed by atoms with Gasteiger partial charge in [0.15, 0.2) is 10.8 Å². The minimum Gasteiger partial charge on any atom is -0.398 e. The molecule has 0 saturated carbocycles. The molecule has 0 spiro atoms. The van der Waals surface area contributed by atoms with Gasteiger partial charge in [-0.1, -0.05) is 5.16 Å². The van der Waals surface area contributed by atoms with Gasteiger partial charge in [-0.15, -0.1) is 11.3 Å². The Kier molecular flexibility index (Phi) is 6.77. The van der Waals surface area contributed by atoms with Crippen LogP contribution in [0.2, 0.25) is 0 Å². The quantitative estimate of drug-likeness (QED) is 0.202. The van der Waals surface area contributed by atoms with Gasteiger partial charge in [0.1, 0.15) is 18.8 Å². The molecule has 2 rings (SSSR count). The largest absolute Gasteiger partial charge is 0.398 e. The highest BCUT2D eigenvalue weighted by Gasteiger charge is 2.43. The molecule has 1 atom stereocenters. The van der Waals surface area contributed by atoms with Gasteiger partial charge in [-0.2, -0.15) is 8.42 Å². The van der Waals surface area contributed by atoms with Crippen LogP contribution in [0, 0.1) is 0 Å². The highest BCUT2D eigenvalue weighted by atomic mass is 32.2. The van der Waals surface area contributed by atoms with E-state index >= 15 is 0 Å². The molecule has 1 aliphatic heterocycles. The monoisotopic (exact) mass is 462 g/mol. The number of anilines is 1. The number of urea groups is 2. The average molecular weight is 462 g/mol. The minimum atomic E-state index is -4.54. The van der Waals surface area contributed by atoms with Gasteiger partial charge in [-0.25, -0.2) is 24.0 Å². The van der Waals surface area contributed by atoms with Crippen molar-refractivity contribution in [2.75, 3.05) is 33.5 Å². The Morgan fingerprint density at radius 2 is 2.03 bits per heavy atom. The number of nitrogens with one attached hydrogen (secondary N) is 3. The summed E-state index contributed by atoms with van der Waals surface area (Å²) >= 11 is 1.06. The Bertz CT molecular complexity index is 1000. The zero-order chi connectivity index (χ0) is 22.6. The Labute approximate surface area is 174 Å². The van der Waals surface area contributed by atoms with Gasteiger partial charge < -0.3 is 20.8 Å². The SMILES string of the molecule is CON=C(C(=O)N[C@H]1CN(C(=O)NS(=O)(=O)NC(=O)N(C)C)C1=O)c1csc(N)n1. The number of nitrogens with zero attached hydrogens (tertiary/aromatic N) is 4. The van der Waals surface area contributed by atoms with Crippen molar-refractivity contribution in [2.45, 2.75) is 6.04 Å². The topological polar surface area (TPSA) is 205 Å². The van der Waals surface area contributed by atoms with E-state index in [1.54, 1.807) is 4.72 Å². The summed E-state index contributed by atoms with van der Waals surface area (Å²) in [5.74, 6) is -1.68. The third kappa shape index (κ3) is 5.32. The van der Waals surface area contributed by atoms with E-state index in [9.17, 15) is 27.6 Å². The number of hydrogen-bond acceptors (Lipinski definition) is 11. The summed E-state index contributed by atoms with van der Waals surface area (Å²) in [4.78, 5) is 57.8. The summed E-state index contributed by atoms with van der Waals surface area (Å²) in [6, 6.07) is -3.40. The molecule has 1 aromatic heterocycles. The number of amides is 6. The number of thiazole rings is 1. The minimum absolute atomic E-state index is 0.126. The molecule has 2 heterocycles. The van der Waals surface area contributed by atoms with Crippen LogP contribution in [0.3, 0.4) is 0 Å². The fraction of sp³-hybridized carbons (Fsp3) is 0.385. The highest BCUT2D eigenvalue weighted by Crippen LogP contribution is 2.14. The lowest BCUT2D eigenvalue weighted by atomic mass is 10.1. The summed E-state index contributed by atoms with van der Waals surface area (Å²) in [6.45, 7) is -0.312. The van der Waals surface area contributed by atoms with Crippen molar-refractivity contribution in [1.82, 2.24) is 29.5 Å². The number of rotatable bonds is 6. The maximum atomic E-state index is 12.4. The number of hydrogen-bond donors (Lipinski definition) is 4. The molecular formula is C13H18N8O7S2. The predicted molar refractivity (Wildman–Crippen MR) is 103 cm³/mol. The van der Waals surface area contributed by atoms with Crippen LogP contribution in [0.25, 0.3) is 0 Å². The summed E-state index contributed by atoms with van der Waals surface area (Å²) in [7, 11) is -0.751. The third-order valence-corrected chi connectivity index (χ3v) is 5.05. The lowest BCUT2D eigenvalue weighted by Crippen LogP contribution is -2.68. The van der Waals surface area contributed by atoms with Crippen LogP contribution in [0.1, 0.15) is 5.69 Å². The van der Waals surface area contributed by atoms with Gasteiger partial charge in [-0.3, -0.25) is 14.5 Å². The van der Waals surface area contributed by atoms with Crippen molar-refractivity contribution in [2.24, 2.45) is 5.16 Å². The predicted octanol–water partition coefficient (Wildman–Crippen LogP) is -2.37. The summed E-state index contributed by atoms with van der Waals surface area (Å²) in [6.07, 6.45) is 0. The number of likely N-dealkylation sites (tertiary alicyclic amines) is 1. The Morgan fingerprint density at radius 1 is 1.37 bits per heavy atom. The van der Waals surface area contributed by atoms with Crippen molar-refractivity contribution >= 4 is 56.3 Å². The molecule has 30 heavy (non-hydrogen) atoms. The van der Waals surface area contributed by atoms with Gasteiger partial charge in [0.2, 0.25) is 0 Å². The zero-order valence-corrected chi connectivity index (χ0v) is 17.5. The van der Waals surface area contributed by atoms with E-state index in [-0.39, 0.29) is 23.1 Å². The number of nitrogen functional groups attached to an aromatic ring is 1. The normalized spacial score (nSPS) is 16.4. The number of oxime groups is 1. The number of carbonyl (C=O) groups is 4. The molecule has 0 bridgehead atoms. The van der Waals surface area contributed by atoms with Crippen molar-refractivity contribution in [3.8, 4) is 0 Å². The van der Waals surface area contributed by atoms with Gasteiger partial charge in [0.25, 0.3) is 11.8 Å². The third-order valence-electron chi connectivity index (χ3n) is 3.49. The van der Waals surface area contributed by atoms with Crippen LogP contribution < -0.4 is 20.5 Å². The molecule has 164 valence electrons. The van der Waals surface area contributed by atoms with Crippen LogP contribution in [0.5, 0.6) is 0 Å². The fourth-order valence-electron chi connectivity index (χ4n) is 2.04. The molecule has 0 radical (unpaired) electrons. The fourth-order valence-corrected chi connectivity index (χ4v) is 3.39. The molecule has 1 saturated heterocycles. The zero-order valence-electron chi connectivity index (χ0n) is 15.9. The molecule has 1 aromatic rings. The first-order chi connectivity index (χ1) is 13.9. The molecule has 0 aliphatic carbocycles. The average Bonchev–Trinajstić information content (AvgIpc) is 3.06. The number of aromatic nitrogens is 1. The smallest absolute Gasteiger partial charge is 0.339 e. The van der Waals surface area contributed by atoms with Gasteiger partial charge in [0, 0.05) is 19.5 Å². The molecule has 6 amide bonds. The van der Waals surface area contributed by atoms with E-state index in [0.29, 0.717) is 4.90 Å². The van der Waals surface area contributed by atoms with Crippen molar-refractivity contribution < 1.29 is 32.4 Å². The lowest BCUT2D eigenvalue weighted by molar-refractivity contribution is -0.141. The van der Waals surface area contributed by atoms with E-state index in [4.69, 9.17) is 5.73 Å². The maximum Gasteiger partial charge on any atom is 0.339 e. The van der Waals surface area contributed by atoms with E-state index in [1.807, 2.05) is 0 Å². The second-order valence-electron chi connectivity index (χ2n) is 5.88. The molecule has 1 fully saturated rings. The van der Waals surface area contributed by atoms with E-state index in [2.05, 4.69) is 20.3 Å². The molecule has 0 aromatic carbocycles. The van der Waals surface area contributed by atoms with E-state index in [0.717, 1.165) is 16.2 Å². The Morgan fingerprint density at radius 3 is 2.53 bits per heavy atom. The van der Waals surface area contributed by atoms with Crippen molar-refractivity contribution in [1.29, 1.82) is 0 Å². The van der Waals surface area contributed by atoms with Gasteiger partial charge in [-0.05, 0) is 0 Å². The van der Waals surface area contributed by atoms with E-state index < -0.39 is 40.1 Å². The first-order valence-corrected chi connectivity index (χ1v) is 10.3. The van der Waals surface area contributed by atoms with Crippen LogP contribution in [-0.4, -0.2) is 86.6 Å². The van der Waals surface area contributed by atoms with E-state index in [1.165, 1.54) is 31.3 Å². The summed E-state index contributed by atoms with van der Waals surface area (Å²) < 4.78 is 26.6. The van der Waals surface area contributed by atoms with Crippen LogP contribution in [0.15, 0.2) is 10.5 Å². The highest BCUT2D eigenvalue weighted by molar-refractivity contribution is 7.88. The van der Waals surface area contributed by atoms with Crippen molar-refractivity contribution in [3.05, 3.63) is 11.1 Å². The summed E-state index contributed by atoms with van der Waals surface area (Å²) in [5, 5.41) is 7.53. The Hall–Kier alpha value is -3.47. The second-order valence-corrected chi connectivity index (χ2v) is 8.19. The molecule has 1 aliphatic rings. The molecule has 5 N–H and O–H groups in total. The maximum absolute atomic E-state index is 12.4. The molecule has 0 unspecified atom stereocenters. The second kappa shape index (κ2) is 8.91. The van der Waals surface area contributed by atoms with Gasteiger partial charge in [0.05, 0.1) is 6.54 Å². The van der Waals surface area contributed by atoms with Crippen LogP contribution in [0.4, 0.5) is 14.7 Å². The van der Waals surface area contributed by atoms with Gasteiger partial charge >= 0.3 is 22.3 Å².